The van der Waals surface area contributed by atoms with Gasteiger partial charge in [-0.25, -0.2) is 0 Å². The van der Waals surface area contributed by atoms with Gasteiger partial charge in [-0.3, -0.25) is 0 Å². The van der Waals surface area contributed by atoms with E-state index in [2.05, 4.69) is 36.1 Å². The first kappa shape index (κ1) is 14.6. The quantitative estimate of drug-likeness (QED) is 0.868. The maximum atomic E-state index is 6.30. The number of benzene rings is 1. The third kappa shape index (κ3) is 3.26. The van der Waals surface area contributed by atoms with Crippen molar-refractivity contribution in [1.29, 1.82) is 0 Å². The summed E-state index contributed by atoms with van der Waals surface area (Å²) in [7, 11) is 0. The number of rotatable bonds is 2. The van der Waals surface area contributed by atoms with Crippen LogP contribution in [0.15, 0.2) is 18.2 Å². The van der Waals surface area contributed by atoms with Crippen molar-refractivity contribution in [2.45, 2.75) is 44.2 Å². The molecule has 1 aromatic carbocycles. The van der Waals surface area contributed by atoms with Crippen LogP contribution in [0.5, 0.6) is 0 Å². The van der Waals surface area contributed by atoms with E-state index < -0.39 is 0 Å². The highest BCUT2D eigenvalue weighted by molar-refractivity contribution is 7.99. The van der Waals surface area contributed by atoms with Crippen LogP contribution in [0.25, 0.3) is 0 Å². The van der Waals surface area contributed by atoms with Crippen LogP contribution in [0.2, 0.25) is 5.02 Å². The Kier molecular flexibility index (Phi) is 4.49. The van der Waals surface area contributed by atoms with E-state index in [9.17, 15) is 0 Å². The van der Waals surface area contributed by atoms with Crippen molar-refractivity contribution in [3.05, 3.63) is 28.8 Å². The minimum absolute atomic E-state index is 0.122. The van der Waals surface area contributed by atoms with E-state index in [4.69, 9.17) is 16.3 Å². The van der Waals surface area contributed by atoms with Crippen LogP contribution in [0, 0.1) is 6.92 Å². The van der Waals surface area contributed by atoms with Crippen LogP contribution in [0.1, 0.15) is 31.2 Å². The topological polar surface area (TPSA) is 21.3 Å². The van der Waals surface area contributed by atoms with Gasteiger partial charge in [0.15, 0.2) is 0 Å². The predicted molar refractivity (Wildman–Crippen MR) is 88.1 cm³/mol. The molecule has 0 bridgehead atoms. The molecule has 0 saturated carbocycles. The predicted octanol–water partition coefficient (Wildman–Crippen LogP) is 4.51. The van der Waals surface area contributed by atoms with Gasteiger partial charge >= 0.3 is 0 Å². The number of anilines is 1. The zero-order valence-electron chi connectivity index (χ0n) is 12.0. The fourth-order valence-electron chi connectivity index (χ4n) is 3.21. The Labute approximate surface area is 130 Å². The summed E-state index contributed by atoms with van der Waals surface area (Å²) in [4.78, 5) is 0. The zero-order valence-corrected chi connectivity index (χ0v) is 13.5. The monoisotopic (exact) mass is 311 g/mol. The van der Waals surface area contributed by atoms with E-state index in [1.165, 1.54) is 29.9 Å². The summed E-state index contributed by atoms with van der Waals surface area (Å²) >= 11 is 8.35. The molecule has 3 rings (SSSR count). The molecule has 1 aromatic rings. The van der Waals surface area contributed by atoms with Crippen molar-refractivity contribution in [2.24, 2.45) is 0 Å². The van der Waals surface area contributed by atoms with Gasteiger partial charge in [-0.2, -0.15) is 11.8 Å². The van der Waals surface area contributed by atoms with Crippen molar-refractivity contribution in [1.82, 2.24) is 0 Å². The molecule has 110 valence electrons. The second-order valence-corrected chi connectivity index (χ2v) is 7.59. The summed E-state index contributed by atoms with van der Waals surface area (Å²) in [6.07, 6.45) is 4.56. The number of halogens is 1. The van der Waals surface area contributed by atoms with Gasteiger partial charge in [0, 0.05) is 12.6 Å². The fourth-order valence-corrected chi connectivity index (χ4v) is 4.62. The van der Waals surface area contributed by atoms with Crippen molar-refractivity contribution in [3.63, 3.8) is 0 Å². The Morgan fingerprint density at radius 1 is 1.35 bits per heavy atom. The third-order valence-corrected chi connectivity index (χ3v) is 5.69. The summed E-state index contributed by atoms with van der Waals surface area (Å²) in [6.45, 7) is 2.97. The fraction of sp³-hybridized carbons (Fsp3) is 0.625. The molecular formula is C16H22ClNOS. The van der Waals surface area contributed by atoms with Crippen LogP contribution < -0.4 is 5.32 Å². The van der Waals surface area contributed by atoms with Gasteiger partial charge in [-0.05, 0) is 61.8 Å². The molecule has 2 saturated heterocycles. The molecule has 20 heavy (non-hydrogen) atoms. The van der Waals surface area contributed by atoms with Gasteiger partial charge in [-0.1, -0.05) is 17.7 Å². The molecule has 0 amide bonds. The molecule has 2 nitrogen and oxygen atoms in total. The Morgan fingerprint density at radius 2 is 2.15 bits per heavy atom. The lowest BCUT2D eigenvalue weighted by molar-refractivity contribution is -0.0865. The van der Waals surface area contributed by atoms with Crippen LogP contribution in [-0.2, 0) is 4.74 Å². The maximum Gasteiger partial charge on any atom is 0.0717 e. The first-order valence-corrected chi connectivity index (χ1v) is 8.95. The van der Waals surface area contributed by atoms with Gasteiger partial charge < -0.3 is 10.1 Å². The first-order valence-electron chi connectivity index (χ1n) is 7.41. The summed E-state index contributed by atoms with van der Waals surface area (Å²) < 4.78 is 6.14. The average molecular weight is 312 g/mol. The van der Waals surface area contributed by atoms with Gasteiger partial charge in [0.05, 0.1) is 16.3 Å². The Morgan fingerprint density at radius 3 is 2.95 bits per heavy atom. The van der Waals surface area contributed by atoms with E-state index in [0.717, 1.165) is 30.2 Å². The normalized spacial score (nSPS) is 25.6. The number of ether oxygens (including phenoxy) is 1. The van der Waals surface area contributed by atoms with E-state index in [0.29, 0.717) is 6.04 Å². The van der Waals surface area contributed by atoms with E-state index in [-0.39, 0.29) is 5.60 Å². The van der Waals surface area contributed by atoms with Crippen molar-refractivity contribution in [3.8, 4) is 0 Å². The summed E-state index contributed by atoms with van der Waals surface area (Å²) in [5.74, 6) is 2.47. The number of nitrogens with one attached hydrogen (secondary N) is 1. The van der Waals surface area contributed by atoms with E-state index in [1.807, 2.05) is 6.07 Å². The Bertz CT molecular complexity index is 468. The van der Waals surface area contributed by atoms with Crippen molar-refractivity contribution < 1.29 is 4.74 Å². The van der Waals surface area contributed by atoms with Crippen LogP contribution in [-0.4, -0.2) is 29.8 Å². The molecule has 1 atom stereocenters. The molecule has 2 fully saturated rings. The SMILES string of the molecule is Cc1ccc(Cl)c(NC2CCOC3(CCSCC3)C2)c1. The first-order chi connectivity index (χ1) is 9.67. The van der Waals surface area contributed by atoms with Gasteiger partial charge in [0.25, 0.3) is 0 Å². The lowest BCUT2D eigenvalue weighted by Gasteiger charge is -2.43. The highest BCUT2D eigenvalue weighted by Crippen LogP contribution is 2.38. The smallest absolute Gasteiger partial charge is 0.0717 e. The van der Waals surface area contributed by atoms with Gasteiger partial charge in [0.1, 0.15) is 0 Å². The Hall–Kier alpha value is -0.380. The molecule has 0 radical (unpaired) electrons. The summed E-state index contributed by atoms with van der Waals surface area (Å²) in [6, 6.07) is 6.65. The lowest BCUT2D eigenvalue weighted by Crippen LogP contribution is -2.46. The summed E-state index contributed by atoms with van der Waals surface area (Å²) in [5, 5.41) is 4.46. The minimum atomic E-state index is 0.122. The lowest BCUT2D eigenvalue weighted by atomic mass is 9.85. The standard InChI is InChI=1S/C16H22ClNOS/c1-12-2-3-14(17)15(10-12)18-13-4-7-19-16(11-13)5-8-20-9-6-16/h2-3,10,13,18H,4-9,11H2,1H3. The van der Waals surface area contributed by atoms with Crippen molar-refractivity contribution in [2.75, 3.05) is 23.4 Å². The maximum absolute atomic E-state index is 6.30. The second kappa shape index (κ2) is 6.17. The molecular weight excluding hydrogens is 290 g/mol. The number of thioether (sulfide) groups is 1. The van der Waals surface area contributed by atoms with Gasteiger partial charge in [0.2, 0.25) is 0 Å². The van der Waals surface area contributed by atoms with E-state index in [1.54, 1.807) is 0 Å². The Balaban J connectivity index is 1.69. The number of hydrogen-bond acceptors (Lipinski definition) is 3. The highest BCUT2D eigenvalue weighted by Gasteiger charge is 2.38. The summed E-state index contributed by atoms with van der Waals surface area (Å²) in [5.41, 5.74) is 2.43. The van der Waals surface area contributed by atoms with Crippen LogP contribution in [0.4, 0.5) is 5.69 Å². The molecule has 0 aromatic heterocycles. The molecule has 1 unspecified atom stereocenters. The molecule has 2 aliphatic rings. The largest absolute Gasteiger partial charge is 0.381 e. The zero-order chi connectivity index (χ0) is 14.0. The molecule has 1 spiro atoms. The number of hydrogen-bond donors (Lipinski definition) is 1. The minimum Gasteiger partial charge on any atom is -0.381 e. The molecule has 4 heteroatoms. The average Bonchev–Trinajstić information content (AvgIpc) is 2.44. The molecule has 1 N–H and O–H groups in total. The third-order valence-electron chi connectivity index (χ3n) is 4.38. The van der Waals surface area contributed by atoms with Gasteiger partial charge in [-0.15, -0.1) is 0 Å². The number of aryl methyl sites for hydroxylation is 1. The van der Waals surface area contributed by atoms with Crippen LogP contribution in [0.3, 0.4) is 0 Å². The molecule has 0 aliphatic carbocycles. The highest BCUT2D eigenvalue weighted by atomic mass is 35.5. The van der Waals surface area contributed by atoms with E-state index >= 15 is 0 Å². The molecule has 2 heterocycles. The van der Waals surface area contributed by atoms with Crippen LogP contribution >= 0.6 is 23.4 Å². The molecule has 2 aliphatic heterocycles. The van der Waals surface area contributed by atoms with Crippen molar-refractivity contribution >= 4 is 29.1 Å². The second-order valence-electron chi connectivity index (χ2n) is 5.96.